The Morgan fingerprint density at radius 3 is 2.62 bits per heavy atom. The van der Waals surface area contributed by atoms with Crippen LogP contribution in [0.25, 0.3) is 0 Å². The molecule has 3 aromatic rings. The number of amides is 3. The average molecular weight is 431 g/mol. The van der Waals surface area contributed by atoms with Gasteiger partial charge in [0.1, 0.15) is 5.75 Å². The first-order valence-corrected chi connectivity index (χ1v) is 10.3. The van der Waals surface area contributed by atoms with Gasteiger partial charge in [-0.05, 0) is 29.6 Å². The van der Waals surface area contributed by atoms with Gasteiger partial charge in [-0.3, -0.25) is 19.7 Å². The third kappa shape index (κ3) is 5.62. The van der Waals surface area contributed by atoms with Crippen LogP contribution in [0.3, 0.4) is 0 Å². The lowest BCUT2D eigenvalue weighted by Gasteiger charge is -2.12. The molecule has 3 rings (SSSR count). The first-order chi connectivity index (χ1) is 13.9. The summed E-state index contributed by atoms with van der Waals surface area (Å²) in [5.41, 5.74) is 1.51. The molecule has 0 saturated heterocycles. The van der Waals surface area contributed by atoms with E-state index in [9.17, 15) is 14.4 Å². The summed E-state index contributed by atoms with van der Waals surface area (Å²) in [6.45, 7) is 1.40. The van der Waals surface area contributed by atoms with Gasteiger partial charge in [-0.1, -0.05) is 6.07 Å². The van der Waals surface area contributed by atoms with Gasteiger partial charge in [0, 0.05) is 18.0 Å². The van der Waals surface area contributed by atoms with Crippen molar-refractivity contribution in [3.8, 4) is 5.75 Å². The van der Waals surface area contributed by atoms with E-state index in [1.165, 1.54) is 36.7 Å². The van der Waals surface area contributed by atoms with E-state index in [1.54, 1.807) is 35.7 Å². The predicted molar refractivity (Wildman–Crippen MR) is 114 cm³/mol. The number of rotatable bonds is 7. The molecule has 0 fully saturated rings. The van der Waals surface area contributed by atoms with Crippen LogP contribution < -0.4 is 20.7 Å². The zero-order valence-corrected chi connectivity index (χ0v) is 17.3. The van der Waals surface area contributed by atoms with Gasteiger partial charge in [-0.2, -0.15) is 0 Å². The van der Waals surface area contributed by atoms with Gasteiger partial charge in [0.2, 0.25) is 11.8 Å². The Labute approximate surface area is 174 Å². The molecule has 2 heterocycles. The summed E-state index contributed by atoms with van der Waals surface area (Å²) in [4.78, 5) is 40.6. The highest BCUT2D eigenvalue weighted by Crippen LogP contribution is 2.28. The first-order valence-electron chi connectivity index (χ1n) is 8.49. The smallest absolute Gasteiger partial charge is 0.267 e. The van der Waals surface area contributed by atoms with Gasteiger partial charge in [-0.15, -0.1) is 22.7 Å². The van der Waals surface area contributed by atoms with Crippen molar-refractivity contribution in [3.63, 3.8) is 0 Å². The molecule has 0 aliphatic rings. The zero-order chi connectivity index (χ0) is 20.8. The summed E-state index contributed by atoms with van der Waals surface area (Å²) in [5.74, 6) is -0.281. The fourth-order valence-electron chi connectivity index (χ4n) is 2.46. The fraction of sp³-hybridized carbons (Fsp3) is 0.158. The van der Waals surface area contributed by atoms with Gasteiger partial charge < -0.3 is 15.4 Å². The molecular weight excluding hydrogens is 412 g/mol. The molecule has 0 radical (unpaired) electrons. The summed E-state index contributed by atoms with van der Waals surface area (Å²) in [6, 6.07) is 8.48. The van der Waals surface area contributed by atoms with Crippen LogP contribution in [0.5, 0.6) is 5.75 Å². The van der Waals surface area contributed by atoms with E-state index in [2.05, 4.69) is 20.9 Å². The number of thiazole rings is 1. The van der Waals surface area contributed by atoms with Crippen LogP contribution in [0, 0.1) is 0 Å². The highest BCUT2D eigenvalue weighted by atomic mass is 32.1. The Morgan fingerprint density at radius 1 is 1.10 bits per heavy atom. The number of benzene rings is 1. The number of nitrogens with one attached hydrogen (secondary N) is 3. The summed E-state index contributed by atoms with van der Waals surface area (Å²) >= 11 is 2.59. The molecule has 3 N–H and O–H groups in total. The molecular formula is C19H18N4O4S2. The molecule has 8 nitrogen and oxygen atoms in total. The van der Waals surface area contributed by atoms with Gasteiger partial charge >= 0.3 is 0 Å². The van der Waals surface area contributed by atoms with Gasteiger partial charge in [0.05, 0.1) is 29.8 Å². The monoisotopic (exact) mass is 430 g/mol. The molecule has 0 atom stereocenters. The van der Waals surface area contributed by atoms with Gasteiger partial charge in [0.15, 0.2) is 5.13 Å². The van der Waals surface area contributed by atoms with Crippen molar-refractivity contribution in [3.05, 3.63) is 51.7 Å². The maximum absolute atomic E-state index is 12.4. The average Bonchev–Trinajstić information content (AvgIpc) is 3.33. The van der Waals surface area contributed by atoms with Crippen LogP contribution in [-0.2, 0) is 16.0 Å². The zero-order valence-electron chi connectivity index (χ0n) is 15.6. The Balaban J connectivity index is 1.63. The van der Waals surface area contributed by atoms with Crippen molar-refractivity contribution in [2.45, 2.75) is 13.3 Å². The van der Waals surface area contributed by atoms with Crippen LogP contribution in [0.15, 0.2) is 41.1 Å². The molecule has 0 aliphatic heterocycles. The van der Waals surface area contributed by atoms with Crippen molar-refractivity contribution in [2.24, 2.45) is 0 Å². The number of carbonyl (C=O) groups excluding carboxylic acids is 3. The highest BCUT2D eigenvalue weighted by Gasteiger charge is 2.14. The van der Waals surface area contributed by atoms with E-state index in [0.29, 0.717) is 32.8 Å². The minimum absolute atomic E-state index is 0.0267. The van der Waals surface area contributed by atoms with Gasteiger partial charge in [-0.25, -0.2) is 4.98 Å². The SMILES string of the molecule is COc1ccc(NC(C)=O)cc1NC(=O)Cc1csc(NC(=O)c2cccs2)n1. The first kappa shape index (κ1) is 20.5. The lowest BCUT2D eigenvalue weighted by atomic mass is 10.2. The lowest BCUT2D eigenvalue weighted by molar-refractivity contribution is -0.116. The van der Waals surface area contributed by atoms with Gasteiger partial charge in [0.25, 0.3) is 5.91 Å². The van der Waals surface area contributed by atoms with Crippen molar-refractivity contribution in [1.82, 2.24) is 4.98 Å². The molecule has 0 saturated carbocycles. The maximum atomic E-state index is 12.4. The molecule has 3 amide bonds. The van der Waals surface area contributed by atoms with E-state index in [1.807, 2.05) is 5.38 Å². The quantitative estimate of drug-likeness (QED) is 0.531. The molecule has 0 aliphatic carbocycles. The third-order valence-corrected chi connectivity index (χ3v) is 5.33. The number of aromatic nitrogens is 1. The molecule has 0 bridgehead atoms. The van der Waals surface area contributed by atoms with E-state index < -0.39 is 0 Å². The number of hydrogen-bond acceptors (Lipinski definition) is 7. The van der Waals surface area contributed by atoms with E-state index in [0.717, 1.165) is 0 Å². The van der Waals surface area contributed by atoms with Crippen LogP contribution in [0.4, 0.5) is 16.5 Å². The van der Waals surface area contributed by atoms with Crippen LogP contribution in [0.1, 0.15) is 22.3 Å². The fourth-order valence-corrected chi connectivity index (χ4v) is 3.78. The van der Waals surface area contributed by atoms with Crippen LogP contribution in [-0.4, -0.2) is 29.8 Å². The minimum atomic E-state index is -0.301. The summed E-state index contributed by atoms with van der Waals surface area (Å²) in [5, 5.41) is 12.1. The largest absolute Gasteiger partial charge is 0.495 e. The lowest BCUT2D eigenvalue weighted by Crippen LogP contribution is -2.16. The predicted octanol–water partition coefficient (Wildman–Crippen LogP) is 3.61. The third-order valence-electron chi connectivity index (χ3n) is 3.65. The number of thiophene rings is 1. The summed E-state index contributed by atoms with van der Waals surface area (Å²) in [6.07, 6.45) is 0.0267. The number of ether oxygens (including phenoxy) is 1. The number of methoxy groups -OCH3 is 1. The summed E-state index contributed by atoms with van der Waals surface area (Å²) < 4.78 is 5.25. The van der Waals surface area contributed by atoms with Crippen molar-refractivity contribution in [2.75, 3.05) is 23.1 Å². The Kier molecular flexibility index (Phi) is 6.57. The molecule has 0 unspecified atom stereocenters. The number of nitrogens with zero attached hydrogens (tertiary/aromatic N) is 1. The minimum Gasteiger partial charge on any atom is -0.495 e. The second-order valence-electron chi connectivity index (χ2n) is 5.90. The molecule has 1 aromatic carbocycles. The highest BCUT2D eigenvalue weighted by molar-refractivity contribution is 7.14. The number of hydrogen-bond donors (Lipinski definition) is 3. The molecule has 2 aromatic heterocycles. The van der Waals surface area contributed by atoms with E-state index in [-0.39, 0.29) is 24.1 Å². The number of carbonyl (C=O) groups is 3. The Bertz CT molecular complexity index is 1030. The normalized spacial score (nSPS) is 10.3. The molecule has 10 heteroatoms. The van der Waals surface area contributed by atoms with E-state index >= 15 is 0 Å². The van der Waals surface area contributed by atoms with Crippen molar-refractivity contribution < 1.29 is 19.1 Å². The Hall–Kier alpha value is -3.24. The van der Waals surface area contributed by atoms with Crippen LogP contribution >= 0.6 is 22.7 Å². The maximum Gasteiger partial charge on any atom is 0.267 e. The van der Waals surface area contributed by atoms with E-state index in [4.69, 9.17) is 4.74 Å². The second-order valence-corrected chi connectivity index (χ2v) is 7.70. The van der Waals surface area contributed by atoms with Crippen molar-refractivity contribution >= 4 is 56.9 Å². The standard InChI is InChI=1S/C19H18N4O4S2/c1-11(24)20-12-5-6-15(27-2)14(8-12)22-17(25)9-13-10-29-19(21-13)23-18(26)16-4-3-7-28-16/h3-8,10H,9H2,1-2H3,(H,20,24)(H,22,25)(H,21,23,26). The second kappa shape index (κ2) is 9.30. The molecule has 150 valence electrons. The Morgan fingerprint density at radius 2 is 1.93 bits per heavy atom. The summed E-state index contributed by atoms with van der Waals surface area (Å²) in [7, 11) is 1.49. The van der Waals surface area contributed by atoms with Crippen LogP contribution in [0.2, 0.25) is 0 Å². The molecule has 29 heavy (non-hydrogen) atoms. The topological polar surface area (TPSA) is 109 Å². The number of anilines is 3. The van der Waals surface area contributed by atoms with Crippen molar-refractivity contribution in [1.29, 1.82) is 0 Å². The molecule has 0 spiro atoms.